The van der Waals surface area contributed by atoms with Crippen molar-refractivity contribution < 1.29 is 18.3 Å². The average molecular weight is 386 g/mol. The molecule has 1 fully saturated rings. The molecular formula is C13H16BrClF2N2O2. The van der Waals surface area contributed by atoms with Crippen LogP contribution in [-0.4, -0.2) is 31.5 Å². The van der Waals surface area contributed by atoms with E-state index in [1.165, 1.54) is 0 Å². The minimum absolute atomic E-state index is 0. The van der Waals surface area contributed by atoms with Crippen LogP contribution in [0.15, 0.2) is 22.7 Å². The van der Waals surface area contributed by atoms with Gasteiger partial charge >= 0.3 is 0 Å². The summed E-state index contributed by atoms with van der Waals surface area (Å²) in [6.45, 7) is -0.200. The molecule has 21 heavy (non-hydrogen) atoms. The van der Waals surface area contributed by atoms with Crippen LogP contribution in [0, 0.1) is 0 Å². The van der Waals surface area contributed by atoms with Gasteiger partial charge in [-0.3, -0.25) is 10.1 Å². The molecule has 0 aliphatic carbocycles. The largest absolute Gasteiger partial charge is 0.497 e. The second-order valence-corrected chi connectivity index (χ2v) is 5.52. The third-order valence-electron chi connectivity index (χ3n) is 3.13. The zero-order valence-electron chi connectivity index (χ0n) is 11.3. The molecular weight excluding hydrogens is 370 g/mol. The molecule has 1 atom stereocenters. The molecule has 1 saturated heterocycles. The van der Waals surface area contributed by atoms with Crippen LogP contribution in [0.3, 0.4) is 0 Å². The van der Waals surface area contributed by atoms with E-state index in [-0.39, 0.29) is 19.0 Å². The first kappa shape index (κ1) is 18.1. The van der Waals surface area contributed by atoms with Gasteiger partial charge in [0, 0.05) is 17.4 Å². The molecule has 0 aromatic heterocycles. The zero-order valence-corrected chi connectivity index (χ0v) is 13.7. The molecule has 1 aromatic rings. The summed E-state index contributed by atoms with van der Waals surface area (Å²) in [5, 5.41) is 5.17. The second kappa shape index (κ2) is 7.38. The Kier molecular flexibility index (Phi) is 6.37. The third-order valence-corrected chi connectivity index (χ3v) is 3.91. The van der Waals surface area contributed by atoms with Crippen molar-refractivity contribution in [3.05, 3.63) is 28.2 Å². The number of alkyl halides is 2. The minimum Gasteiger partial charge on any atom is -0.497 e. The maximum Gasteiger partial charge on any atom is 0.262 e. The molecule has 1 heterocycles. The molecule has 2 N–H and O–H groups in total. The molecule has 1 aromatic carbocycles. The van der Waals surface area contributed by atoms with Crippen LogP contribution in [-0.2, 0) is 11.3 Å². The second-order valence-electron chi connectivity index (χ2n) is 4.67. The molecule has 2 rings (SSSR count). The van der Waals surface area contributed by atoms with Gasteiger partial charge in [-0.1, -0.05) is 15.9 Å². The Labute approximate surface area is 136 Å². The fourth-order valence-corrected chi connectivity index (χ4v) is 2.41. The summed E-state index contributed by atoms with van der Waals surface area (Å²) in [7, 11) is 1.55. The van der Waals surface area contributed by atoms with Gasteiger partial charge in [0.25, 0.3) is 5.92 Å². The Bertz CT molecular complexity index is 517. The first-order valence-corrected chi connectivity index (χ1v) is 6.92. The number of ether oxygens (including phenoxy) is 1. The van der Waals surface area contributed by atoms with E-state index in [2.05, 4.69) is 26.6 Å². The van der Waals surface area contributed by atoms with Gasteiger partial charge in [0.15, 0.2) is 0 Å². The standard InChI is InChI=1S/C13H15BrF2N2O2.ClH/c1-20-9-2-3-10(14)8(4-9)6-17-12(19)11-5-13(15,16)7-18-11;/h2-4,11,18H,5-7H2,1H3,(H,17,19);1H. The number of benzene rings is 1. The van der Waals surface area contributed by atoms with Crippen molar-refractivity contribution in [2.45, 2.75) is 24.9 Å². The molecule has 1 aliphatic rings. The van der Waals surface area contributed by atoms with Crippen LogP contribution in [0.5, 0.6) is 5.75 Å². The van der Waals surface area contributed by atoms with E-state index in [1.54, 1.807) is 19.2 Å². The number of methoxy groups -OCH3 is 1. The van der Waals surface area contributed by atoms with E-state index in [9.17, 15) is 13.6 Å². The lowest BCUT2D eigenvalue weighted by Crippen LogP contribution is -2.40. The Balaban J connectivity index is 0.00000220. The molecule has 0 saturated carbocycles. The van der Waals surface area contributed by atoms with Gasteiger partial charge in [-0.2, -0.15) is 0 Å². The fraction of sp³-hybridized carbons (Fsp3) is 0.462. The molecule has 0 spiro atoms. The Morgan fingerprint density at radius 3 is 2.86 bits per heavy atom. The monoisotopic (exact) mass is 384 g/mol. The zero-order chi connectivity index (χ0) is 14.8. The van der Waals surface area contributed by atoms with Crippen molar-refractivity contribution in [2.24, 2.45) is 0 Å². The van der Waals surface area contributed by atoms with Crippen molar-refractivity contribution in [3.8, 4) is 5.75 Å². The van der Waals surface area contributed by atoms with E-state index in [0.717, 1.165) is 10.0 Å². The van der Waals surface area contributed by atoms with E-state index >= 15 is 0 Å². The van der Waals surface area contributed by atoms with Gasteiger partial charge in [-0.15, -0.1) is 12.4 Å². The van der Waals surface area contributed by atoms with Crippen LogP contribution in [0.1, 0.15) is 12.0 Å². The van der Waals surface area contributed by atoms with E-state index in [0.29, 0.717) is 5.75 Å². The van der Waals surface area contributed by atoms with Crippen molar-refractivity contribution in [1.29, 1.82) is 0 Å². The summed E-state index contributed by atoms with van der Waals surface area (Å²) in [4.78, 5) is 11.8. The molecule has 0 bridgehead atoms. The third kappa shape index (κ3) is 4.79. The SMILES string of the molecule is COc1ccc(Br)c(CNC(=O)C2CC(F)(F)CN2)c1.Cl. The number of halogens is 4. The lowest BCUT2D eigenvalue weighted by atomic mass is 10.1. The average Bonchev–Trinajstić information content (AvgIpc) is 2.78. The predicted molar refractivity (Wildman–Crippen MR) is 81.1 cm³/mol. The quantitative estimate of drug-likeness (QED) is 0.837. The van der Waals surface area contributed by atoms with Crippen LogP contribution >= 0.6 is 28.3 Å². The number of carbonyl (C=O) groups excluding carboxylic acids is 1. The number of rotatable bonds is 4. The van der Waals surface area contributed by atoms with Gasteiger partial charge in [0.1, 0.15) is 5.75 Å². The van der Waals surface area contributed by atoms with E-state index < -0.39 is 30.8 Å². The topological polar surface area (TPSA) is 50.4 Å². The molecule has 1 unspecified atom stereocenters. The highest BCUT2D eigenvalue weighted by molar-refractivity contribution is 9.10. The fourth-order valence-electron chi connectivity index (χ4n) is 2.02. The number of hydrogen-bond donors (Lipinski definition) is 2. The summed E-state index contributed by atoms with van der Waals surface area (Å²) in [5.74, 6) is -2.56. The van der Waals surface area contributed by atoms with Gasteiger partial charge in [-0.05, 0) is 23.8 Å². The van der Waals surface area contributed by atoms with Crippen molar-refractivity contribution >= 4 is 34.2 Å². The molecule has 0 radical (unpaired) electrons. The van der Waals surface area contributed by atoms with Crippen LogP contribution in [0.2, 0.25) is 0 Å². The normalized spacial score (nSPS) is 19.7. The lowest BCUT2D eigenvalue weighted by Gasteiger charge is -2.12. The van der Waals surface area contributed by atoms with Gasteiger partial charge in [0.05, 0.1) is 19.7 Å². The minimum atomic E-state index is -2.81. The molecule has 8 heteroatoms. The summed E-state index contributed by atoms with van der Waals surface area (Å²) in [6.07, 6.45) is -0.460. The number of hydrogen-bond acceptors (Lipinski definition) is 3. The van der Waals surface area contributed by atoms with Crippen molar-refractivity contribution in [2.75, 3.05) is 13.7 Å². The maximum absolute atomic E-state index is 13.0. The predicted octanol–water partition coefficient (Wildman–Crippen LogP) is 2.49. The summed E-state index contributed by atoms with van der Waals surface area (Å²) in [5.41, 5.74) is 0.822. The summed E-state index contributed by atoms with van der Waals surface area (Å²) in [6, 6.07) is 4.53. The Morgan fingerprint density at radius 1 is 1.57 bits per heavy atom. The van der Waals surface area contributed by atoms with Crippen LogP contribution < -0.4 is 15.4 Å². The molecule has 118 valence electrons. The molecule has 4 nitrogen and oxygen atoms in total. The first-order valence-electron chi connectivity index (χ1n) is 6.12. The van der Waals surface area contributed by atoms with Gasteiger partial charge in [0.2, 0.25) is 5.91 Å². The van der Waals surface area contributed by atoms with Crippen LogP contribution in [0.4, 0.5) is 8.78 Å². The molecule has 1 aliphatic heterocycles. The highest BCUT2D eigenvalue weighted by Crippen LogP contribution is 2.25. The number of nitrogens with one attached hydrogen (secondary N) is 2. The smallest absolute Gasteiger partial charge is 0.262 e. The number of amides is 1. The Hall–Kier alpha value is -0.920. The lowest BCUT2D eigenvalue weighted by molar-refractivity contribution is -0.123. The summed E-state index contributed by atoms with van der Waals surface area (Å²) < 4.78 is 31.9. The number of carbonyl (C=O) groups is 1. The first-order chi connectivity index (χ1) is 9.41. The van der Waals surface area contributed by atoms with Gasteiger partial charge < -0.3 is 10.1 Å². The van der Waals surface area contributed by atoms with Gasteiger partial charge in [-0.25, -0.2) is 8.78 Å². The Morgan fingerprint density at radius 2 is 2.29 bits per heavy atom. The molecule has 1 amide bonds. The maximum atomic E-state index is 13.0. The van der Waals surface area contributed by atoms with E-state index in [4.69, 9.17) is 4.74 Å². The highest BCUT2D eigenvalue weighted by atomic mass is 79.9. The highest BCUT2D eigenvalue weighted by Gasteiger charge is 2.42. The van der Waals surface area contributed by atoms with Crippen LogP contribution in [0.25, 0.3) is 0 Å². The van der Waals surface area contributed by atoms with Crippen molar-refractivity contribution in [3.63, 3.8) is 0 Å². The van der Waals surface area contributed by atoms with E-state index in [1.807, 2.05) is 6.07 Å². The van der Waals surface area contributed by atoms with Crippen molar-refractivity contribution in [1.82, 2.24) is 10.6 Å². The summed E-state index contributed by atoms with van der Waals surface area (Å²) >= 11 is 3.37.